The highest BCUT2D eigenvalue weighted by molar-refractivity contribution is 7.91. The third kappa shape index (κ3) is 4.78. The molecule has 0 aliphatic carbocycles. The molecule has 7 nitrogen and oxygen atoms in total. The van der Waals surface area contributed by atoms with Crippen molar-refractivity contribution in [1.82, 2.24) is 4.90 Å². The number of carboxylic acid groups (broad SMARTS) is 1. The van der Waals surface area contributed by atoms with Crippen LogP contribution >= 0.6 is 0 Å². The number of hydrogen-bond donors (Lipinski definition) is 1. The van der Waals surface area contributed by atoms with Crippen molar-refractivity contribution in [2.45, 2.75) is 29.4 Å². The largest absolute Gasteiger partial charge is 0.495 e. The van der Waals surface area contributed by atoms with Gasteiger partial charge in [0, 0.05) is 13.1 Å². The first-order chi connectivity index (χ1) is 15.8. The van der Waals surface area contributed by atoms with Gasteiger partial charge < -0.3 is 19.5 Å². The number of rotatable bonds is 6. The summed E-state index contributed by atoms with van der Waals surface area (Å²) in [6.45, 7) is 0.598. The monoisotopic (exact) mass is 471 g/mol. The molecule has 0 unspecified atom stereocenters. The number of sulfone groups is 1. The summed E-state index contributed by atoms with van der Waals surface area (Å²) in [5.74, 6) is 0.291. The molecule has 0 spiro atoms. The Morgan fingerprint density at radius 1 is 1.09 bits per heavy atom. The molecule has 1 N–H and O–H groups in total. The SMILES string of the molecule is COc1cc2c(cc1S(=O)(=O)c1ccc(OCc3cccc(F)c3)cc1)CN(C(=O)O)CC2. The molecule has 0 atom stereocenters. The third-order valence-electron chi connectivity index (χ3n) is 5.49. The minimum absolute atomic E-state index is 0.0237. The van der Waals surface area contributed by atoms with Crippen LogP contribution in [0.4, 0.5) is 9.18 Å². The number of ether oxygens (including phenoxy) is 2. The second-order valence-corrected chi connectivity index (χ2v) is 9.54. The molecule has 1 amide bonds. The Hall–Kier alpha value is -3.59. The molecular weight excluding hydrogens is 449 g/mol. The third-order valence-corrected chi connectivity index (χ3v) is 7.28. The zero-order chi connectivity index (χ0) is 23.6. The summed E-state index contributed by atoms with van der Waals surface area (Å²) in [6, 6.07) is 15.1. The quantitative estimate of drug-likeness (QED) is 0.577. The fraction of sp³-hybridized carbons (Fsp3) is 0.208. The van der Waals surface area contributed by atoms with Crippen LogP contribution in [-0.2, 0) is 29.4 Å². The van der Waals surface area contributed by atoms with Crippen LogP contribution in [0.2, 0.25) is 0 Å². The minimum atomic E-state index is -3.94. The van der Waals surface area contributed by atoms with Gasteiger partial charge in [-0.15, -0.1) is 0 Å². The van der Waals surface area contributed by atoms with Crippen LogP contribution in [-0.4, -0.2) is 38.2 Å². The zero-order valence-electron chi connectivity index (χ0n) is 17.8. The van der Waals surface area contributed by atoms with E-state index in [2.05, 4.69) is 0 Å². The molecule has 0 aromatic heterocycles. The highest BCUT2D eigenvalue weighted by atomic mass is 32.2. The van der Waals surface area contributed by atoms with Gasteiger partial charge in [-0.1, -0.05) is 12.1 Å². The average Bonchev–Trinajstić information content (AvgIpc) is 2.81. The molecule has 9 heteroatoms. The summed E-state index contributed by atoms with van der Waals surface area (Å²) in [6.07, 6.45) is -0.565. The number of fused-ring (bicyclic) bond motifs is 1. The summed E-state index contributed by atoms with van der Waals surface area (Å²) in [5, 5.41) is 9.28. The fourth-order valence-electron chi connectivity index (χ4n) is 3.73. The van der Waals surface area contributed by atoms with E-state index in [9.17, 15) is 22.7 Å². The molecule has 172 valence electrons. The predicted octanol–water partition coefficient (Wildman–Crippen LogP) is 4.28. The summed E-state index contributed by atoms with van der Waals surface area (Å²) in [4.78, 5) is 12.6. The van der Waals surface area contributed by atoms with Crippen LogP contribution in [0.1, 0.15) is 16.7 Å². The van der Waals surface area contributed by atoms with E-state index in [1.807, 2.05) is 0 Å². The van der Waals surface area contributed by atoms with Gasteiger partial charge in [-0.3, -0.25) is 0 Å². The molecule has 1 heterocycles. The lowest BCUT2D eigenvalue weighted by Gasteiger charge is -2.27. The van der Waals surface area contributed by atoms with Gasteiger partial charge in [0.2, 0.25) is 9.84 Å². The summed E-state index contributed by atoms with van der Waals surface area (Å²) >= 11 is 0. The first-order valence-corrected chi connectivity index (χ1v) is 11.7. The Morgan fingerprint density at radius 2 is 1.85 bits per heavy atom. The Balaban J connectivity index is 1.58. The second-order valence-electron chi connectivity index (χ2n) is 7.62. The maximum Gasteiger partial charge on any atom is 0.407 e. The van der Waals surface area contributed by atoms with Crippen LogP contribution in [0.3, 0.4) is 0 Å². The van der Waals surface area contributed by atoms with Crippen molar-refractivity contribution in [2.75, 3.05) is 13.7 Å². The average molecular weight is 472 g/mol. The van der Waals surface area contributed by atoms with Crippen LogP contribution in [0.25, 0.3) is 0 Å². The summed E-state index contributed by atoms with van der Waals surface area (Å²) in [5.41, 5.74) is 2.16. The van der Waals surface area contributed by atoms with Gasteiger partial charge in [0.1, 0.15) is 28.8 Å². The first-order valence-electron chi connectivity index (χ1n) is 10.2. The van der Waals surface area contributed by atoms with Crippen LogP contribution in [0.5, 0.6) is 11.5 Å². The Morgan fingerprint density at radius 3 is 2.52 bits per heavy atom. The normalized spacial score (nSPS) is 13.3. The predicted molar refractivity (Wildman–Crippen MR) is 118 cm³/mol. The van der Waals surface area contributed by atoms with Gasteiger partial charge in [0.25, 0.3) is 0 Å². The van der Waals surface area contributed by atoms with Crippen molar-refractivity contribution in [3.8, 4) is 11.5 Å². The molecule has 0 radical (unpaired) electrons. The number of amides is 1. The first kappa shape index (κ1) is 22.6. The number of hydrogen-bond acceptors (Lipinski definition) is 5. The Kier molecular flexibility index (Phi) is 6.24. The summed E-state index contributed by atoms with van der Waals surface area (Å²) in [7, 11) is -2.54. The van der Waals surface area contributed by atoms with Crippen LogP contribution < -0.4 is 9.47 Å². The van der Waals surface area contributed by atoms with Crippen molar-refractivity contribution in [3.05, 3.63) is 83.2 Å². The highest BCUT2D eigenvalue weighted by Gasteiger charge is 2.27. The molecule has 0 bridgehead atoms. The van der Waals surface area contributed by atoms with Gasteiger partial charge in [-0.25, -0.2) is 17.6 Å². The maximum absolute atomic E-state index is 13.4. The van der Waals surface area contributed by atoms with Gasteiger partial charge in [0.05, 0.1) is 12.0 Å². The van der Waals surface area contributed by atoms with Crippen molar-refractivity contribution >= 4 is 15.9 Å². The van der Waals surface area contributed by atoms with Gasteiger partial charge in [0.15, 0.2) is 0 Å². The molecule has 3 aromatic rings. The molecular formula is C24H22FNO6S. The number of carbonyl (C=O) groups is 1. The van der Waals surface area contributed by atoms with E-state index >= 15 is 0 Å². The number of halogens is 1. The molecule has 0 saturated carbocycles. The van der Waals surface area contributed by atoms with E-state index < -0.39 is 15.9 Å². The molecule has 0 saturated heterocycles. The van der Waals surface area contributed by atoms with Crippen molar-refractivity contribution < 1.29 is 32.2 Å². The number of benzene rings is 3. The number of nitrogens with zero attached hydrogens (tertiary/aromatic N) is 1. The van der Waals surface area contributed by atoms with E-state index in [0.717, 1.165) is 5.56 Å². The minimum Gasteiger partial charge on any atom is -0.495 e. The Bertz CT molecular complexity index is 1290. The molecule has 4 rings (SSSR count). The van der Waals surface area contributed by atoms with Crippen LogP contribution in [0, 0.1) is 5.82 Å². The summed E-state index contributed by atoms with van der Waals surface area (Å²) < 4.78 is 51.0. The smallest absolute Gasteiger partial charge is 0.407 e. The lowest BCUT2D eigenvalue weighted by molar-refractivity contribution is 0.140. The molecule has 0 fully saturated rings. The Labute approximate surface area is 190 Å². The van der Waals surface area contributed by atoms with E-state index in [1.54, 1.807) is 18.2 Å². The van der Waals surface area contributed by atoms with Gasteiger partial charge in [-0.05, 0) is 71.6 Å². The van der Waals surface area contributed by atoms with E-state index in [4.69, 9.17) is 9.47 Å². The zero-order valence-corrected chi connectivity index (χ0v) is 18.6. The van der Waals surface area contributed by atoms with E-state index in [0.29, 0.717) is 29.8 Å². The van der Waals surface area contributed by atoms with Crippen LogP contribution in [0.15, 0.2) is 70.5 Å². The van der Waals surface area contributed by atoms with E-state index in [1.165, 1.54) is 54.5 Å². The topological polar surface area (TPSA) is 93.1 Å². The van der Waals surface area contributed by atoms with Crippen molar-refractivity contribution in [1.29, 1.82) is 0 Å². The van der Waals surface area contributed by atoms with Crippen molar-refractivity contribution in [2.24, 2.45) is 0 Å². The van der Waals surface area contributed by atoms with Crippen molar-refractivity contribution in [3.63, 3.8) is 0 Å². The lowest BCUT2D eigenvalue weighted by Crippen LogP contribution is -2.34. The second kappa shape index (κ2) is 9.11. The van der Waals surface area contributed by atoms with Gasteiger partial charge >= 0.3 is 6.09 Å². The fourth-order valence-corrected chi connectivity index (χ4v) is 5.19. The van der Waals surface area contributed by atoms with E-state index in [-0.39, 0.29) is 34.5 Å². The molecule has 1 aliphatic heterocycles. The molecule has 3 aromatic carbocycles. The number of methoxy groups -OCH3 is 1. The molecule has 33 heavy (non-hydrogen) atoms. The highest BCUT2D eigenvalue weighted by Crippen LogP contribution is 2.35. The standard InChI is InChI=1S/C24H22FNO6S/c1-31-22-12-17-9-10-26(24(27)28)14-18(17)13-23(22)33(29,30)21-7-5-20(6-8-21)32-15-16-3-2-4-19(25)11-16/h2-8,11-13H,9-10,14-15H2,1H3,(H,27,28). The molecule has 1 aliphatic rings. The maximum atomic E-state index is 13.4. The lowest BCUT2D eigenvalue weighted by atomic mass is 10.00. The van der Waals surface area contributed by atoms with Gasteiger partial charge in [-0.2, -0.15) is 0 Å².